The van der Waals surface area contributed by atoms with Gasteiger partial charge in [-0.25, -0.2) is 13.2 Å². The molecule has 3 aromatic rings. The smallest absolute Gasteiger partial charge is 0.368 e. The van der Waals surface area contributed by atoms with Crippen molar-refractivity contribution in [2.24, 2.45) is 0 Å². The van der Waals surface area contributed by atoms with Crippen LogP contribution >= 0.6 is 0 Å². The fraction of sp³-hybridized carbons (Fsp3) is 0.304. The summed E-state index contributed by atoms with van der Waals surface area (Å²) in [4.78, 5) is 15.6. The molecule has 184 valence electrons. The summed E-state index contributed by atoms with van der Waals surface area (Å²) in [6.45, 7) is -1.40. The Morgan fingerprint density at radius 3 is 2.46 bits per heavy atom. The number of nitrogens with zero attached hydrogens (tertiary/aromatic N) is 4. The molecule has 0 unspecified atom stereocenters. The average molecular weight is 495 g/mol. The third-order valence-corrected chi connectivity index (χ3v) is 5.79. The number of hydrogen-bond acceptors (Lipinski definition) is 5. The third-order valence-electron chi connectivity index (χ3n) is 5.79. The SMILES string of the molecule is O=CN(CC(F)(F)F)c1ccc(F)c(-c2ccc(NCC3(c4ncccc4F)CC(F)C3)nn2)c1. The molecule has 0 aliphatic heterocycles. The number of hydrogen-bond donors (Lipinski definition) is 1. The van der Waals surface area contributed by atoms with Crippen molar-refractivity contribution in [3.8, 4) is 11.3 Å². The molecule has 0 bridgehead atoms. The number of halogens is 6. The number of alkyl halides is 4. The maximum atomic E-state index is 14.4. The number of carbonyl (C=O) groups excluding carboxylic acids is 1. The van der Waals surface area contributed by atoms with Crippen LogP contribution in [-0.2, 0) is 10.2 Å². The summed E-state index contributed by atoms with van der Waals surface area (Å²) in [5, 5.41) is 10.8. The lowest BCUT2D eigenvalue weighted by molar-refractivity contribution is -0.126. The van der Waals surface area contributed by atoms with Crippen LogP contribution in [-0.4, -0.2) is 47.0 Å². The summed E-state index contributed by atoms with van der Waals surface area (Å²) in [7, 11) is 0. The second-order valence-electron chi connectivity index (χ2n) is 8.29. The van der Waals surface area contributed by atoms with Crippen LogP contribution in [0.2, 0.25) is 0 Å². The van der Waals surface area contributed by atoms with Gasteiger partial charge in [0, 0.05) is 29.4 Å². The molecule has 1 fully saturated rings. The van der Waals surface area contributed by atoms with Crippen molar-refractivity contribution in [2.75, 3.05) is 23.3 Å². The third kappa shape index (κ3) is 5.36. The van der Waals surface area contributed by atoms with Crippen LogP contribution in [0.3, 0.4) is 0 Å². The van der Waals surface area contributed by atoms with Crippen molar-refractivity contribution >= 4 is 17.9 Å². The van der Waals surface area contributed by atoms with Crippen LogP contribution in [0.1, 0.15) is 18.5 Å². The molecule has 1 saturated carbocycles. The molecule has 2 heterocycles. The quantitative estimate of drug-likeness (QED) is 0.358. The lowest BCUT2D eigenvalue weighted by Gasteiger charge is -2.44. The number of anilines is 2. The fourth-order valence-corrected chi connectivity index (χ4v) is 4.09. The largest absolute Gasteiger partial charge is 0.406 e. The van der Waals surface area contributed by atoms with Crippen molar-refractivity contribution in [1.29, 1.82) is 0 Å². The number of carbonyl (C=O) groups is 1. The Morgan fingerprint density at radius 2 is 1.86 bits per heavy atom. The predicted octanol–water partition coefficient (Wildman–Crippen LogP) is 4.82. The molecule has 0 atom stereocenters. The minimum absolute atomic E-state index is 0.00585. The highest BCUT2D eigenvalue weighted by Gasteiger charge is 2.48. The molecule has 1 aliphatic rings. The van der Waals surface area contributed by atoms with Crippen LogP contribution < -0.4 is 10.2 Å². The van der Waals surface area contributed by atoms with Gasteiger partial charge in [0.15, 0.2) is 0 Å². The summed E-state index contributed by atoms with van der Waals surface area (Å²) in [5.41, 5.74) is -0.999. The first-order chi connectivity index (χ1) is 16.6. The summed E-state index contributed by atoms with van der Waals surface area (Å²) in [6.07, 6.45) is -4.11. The van der Waals surface area contributed by atoms with Gasteiger partial charge in [-0.2, -0.15) is 13.2 Å². The molecular weight excluding hydrogens is 476 g/mol. The standard InChI is InChI=1S/C23H19F6N5O/c24-14-9-22(10-14,21-18(26)2-1-7-30-21)11-31-20-6-5-19(32-33-20)16-8-15(3-4-17(16)25)34(13-35)12-23(27,28)29/h1-8,13-14H,9-12H2,(H,31,33). The van der Waals surface area contributed by atoms with Gasteiger partial charge >= 0.3 is 6.18 Å². The zero-order chi connectivity index (χ0) is 25.2. The van der Waals surface area contributed by atoms with Crippen molar-refractivity contribution in [1.82, 2.24) is 15.2 Å². The molecule has 6 nitrogen and oxygen atoms in total. The minimum Gasteiger partial charge on any atom is -0.368 e. The van der Waals surface area contributed by atoms with Crippen molar-refractivity contribution < 1.29 is 31.1 Å². The van der Waals surface area contributed by atoms with E-state index in [1.807, 2.05) is 0 Å². The van der Waals surface area contributed by atoms with Crippen molar-refractivity contribution in [3.63, 3.8) is 0 Å². The Labute approximate surface area is 196 Å². The molecular formula is C23H19F6N5O. The van der Waals surface area contributed by atoms with Crippen LogP contribution in [0, 0.1) is 11.6 Å². The highest BCUT2D eigenvalue weighted by molar-refractivity contribution is 5.78. The minimum atomic E-state index is -4.64. The number of rotatable bonds is 8. The van der Waals surface area contributed by atoms with E-state index in [0.717, 1.165) is 18.2 Å². The van der Waals surface area contributed by atoms with E-state index in [4.69, 9.17) is 0 Å². The predicted molar refractivity (Wildman–Crippen MR) is 115 cm³/mol. The van der Waals surface area contributed by atoms with Crippen LogP contribution in [0.5, 0.6) is 0 Å². The number of amides is 1. The van der Waals surface area contributed by atoms with Gasteiger partial charge in [0.1, 0.15) is 30.2 Å². The molecule has 1 aliphatic carbocycles. The second-order valence-corrected chi connectivity index (χ2v) is 8.29. The zero-order valence-electron chi connectivity index (χ0n) is 18.1. The molecule has 0 radical (unpaired) electrons. The summed E-state index contributed by atoms with van der Waals surface area (Å²) in [6, 6.07) is 8.60. The first-order valence-corrected chi connectivity index (χ1v) is 10.5. The van der Waals surface area contributed by atoms with E-state index in [-0.39, 0.29) is 54.3 Å². The van der Waals surface area contributed by atoms with Gasteiger partial charge in [0.2, 0.25) is 6.41 Å². The highest BCUT2D eigenvalue weighted by atomic mass is 19.4. The first kappa shape index (κ1) is 24.4. The molecule has 12 heteroatoms. The van der Waals surface area contributed by atoms with Gasteiger partial charge in [-0.05, 0) is 55.3 Å². The summed E-state index contributed by atoms with van der Waals surface area (Å²) >= 11 is 0. The van der Waals surface area contributed by atoms with E-state index in [9.17, 15) is 31.1 Å². The average Bonchev–Trinajstić information content (AvgIpc) is 2.80. The van der Waals surface area contributed by atoms with Crippen LogP contribution in [0.4, 0.5) is 37.8 Å². The molecule has 0 saturated heterocycles. The maximum absolute atomic E-state index is 14.4. The fourth-order valence-electron chi connectivity index (χ4n) is 4.09. The van der Waals surface area contributed by atoms with Gasteiger partial charge in [-0.1, -0.05) is 0 Å². The lowest BCUT2D eigenvalue weighted by Crippen LogP contribution is -2.49. The van der Waals surface area contributed by atoms with E-state index >= 15 is 0 Å². The number of nitrogens with one attached hydrogen (secondary N) is 1. The van der Waals surface area contributed by atoms with E-state index in [0.29, 0.717) is 4.90 Å². The van der Waals surface area contributed by atoms with E-state index in [2.05, 4.69) is 20.5 Å². The summed E-state index contributed by atoms with van der Waals surface area (Å²) in [5.74, 6) is -1.06. The molecule has 1 aromatic carbocycles. The Balaban J connectivity index is 1.51. The molecule has 4 rings (SSSR count). The van der Waals surface area contributed by atoms with Crippen LogP contribution in [0.25, 0.3) is 11.3 Å². The van der Waals surface area contributed by atoms with E-state index < -0.39 is 35.9 Å². The molecule has 1 amide bonds. The molecule has 2 aromatic heterocycles. The van der Waals surface area contributed by atoms with E-state index in [1.54, 1.807) is 0 Å². The Bertz CT molecular complexity index is 1200. The highest BCUT2D eigenvalue weighted by Crippen LogP contribution is 2.45. The number of benzene rings is 1. The van der Waals surface area contributed by atoms with Gasteiger partial charge in [-0.15, -0.1) is 10.2 Å². The lowest BCUT2D eigenvalue weighted by atomic mass is 9.65. The second kappa shape index (κ2) is 9.51. The Hall–Kier alpha value is -3.70. The maximum Gasteiger partial charge on any atom is 0.406 e. The number of pyridine rings is 1. The zero-order valence-corrected chi connectivity index (χ0v) is 18.1. The molecule has 35 heavy (non-hydrogen) atoms. The monoisotopic (exact) mass is 495 g/mol. The van der Waals surface area contributed by atoms with Gasteiger partial charge in [-0.3, -0.25) is 9.78 Å². The molecule has 1 N–H and O–H groups in total. The molecule has 0 spiro atoms. The Kier molecular flexibility index (Phi) is 6.64. The van der Waals surface area contributed by atoms with Gasteiger partial charge in [0.05, 0.1) is 11.4 Å². The van der Waals surface area contributed by atoms with E-state index in [1.165, 1.54) is 30.5 Å². The van der Waals surface area contributed by atoms with Gasteiger partial charge < -0.3 is 10.2 Å². The normalized spacial score (nSPS) is 19.7. The topological polar surface area (TPSA) is 71.0 Å². The summed E-state index contributed by atoms with van der Waals surface area (Å²) < 4.78 is 80.5. The van der Waals surface area contributed by atoms with Crippen molar-refractivity contribution in [3.05, 3.63) is 66.0 Å². The first-order valence-electron chi connectivity index (χ1n) is 10.5. The van der Waals surface area contributed by atoms with Gasteiger partial charge in [0.25, 0.3) is 0 Å². The van der Waals surface area contributed by atoms with Crippen LogP contribution in [0.15, 0.2) is 48.7 Å². The van der Waals surface area contributed by atoms with Crippen molar-refractivity contribution in [2.45, 2.75) is 30.6 Å². The Morgan fingerprint density at radius 1 is 1.09 bits per heavy atom. The number of aromatic nitrogens is 3.